The maximum atomic E-state index is 12.7. The van der Waals surface area contributed by atoms with Crippen molar-refractivity contribution in [3.63, 3.8) is 0 Å². The van der Waals surface area contributed by atoms with Crippen molar-refractivity contribution in [3.05, 3.63) is 18.0 Å². The largest absolute Gasteiger partial charge is 0.438 e. The number of rotatable bonds is 4. The maximum absolute atomic E-state index is 12.7. The van der Waals surface area contributed by atoms with E-state index in [-0.39, 0.29) is 22.7 Å². The van der Waals surface area contributed by atoms with Crippen molar-refractivity contribution < 1.29 is 17.3 Å². The van der Waals surface area contributed by atoms with Gasteiger partial charge in [-0.1, -0.05) is 20.8 Å². The van der Waals surface area contributed by atoms with Gasteiger partial charge in [-0.25, -0.2) is 8.42 Å². The summed E-state index contributed by atoms with van der Waals surface area (Å²) >= 11 is 0. The molecular formula is C15H21N3O4S. The highest BCUT2D eigenvalue weighted by atomic mass is 32.2. The van der Waals surface area contributed by atoms with Crippen LogP contribution in [-0.2, 0) is 10.0 Å². The Bertz CT molecular complexity index is 778. The maximum Gasteiger partial charge on any atom is 0.283 e. The van der Waals surface area contributed by atoms with Gasteiger partial charge in [0, 0.05) is 19.0 Å². The molecule has 0 amide bonds. The minimum Gasteiger partial charge on any atom is -0.438 e. The van der Waals surface area contributed by atoms with E-state index in [4.69, 9.17) is 8.83 Å². The molecule has 8 heteroatoms. The zero-order chi connectivity index (χ0) is 16.6. The molecule has 1 aliphatic rings. The minimum absolute atomic E-state index is 0.0779. The Kier molecular flexibility index (Phi) is 4.29. The van der Waals surface area contributed by atoms with Gasteiger partial charge in [0.1, 0.15) is 0 Å². The van der Waals surface area contributed by atoms with Crippen LogP contribution in [0.2, 0.25) is 0 Å². The van der Waals surface area contributed by atoms with Crippen LogP contribution in [0, 0.1) is 5.92 Å². The van der Waals surface area contributed by atoms with E-state index in [1.165, 1.54) is 10.4 Å². The van der Waals surface area contributed by atoms with Crippen LogP contribution < -0.4 is 0 Å². The minimum atomic E-state index is -3.61. The van der Waals surface area contributed by atoms with Crippen molar-refractivity contribution in [2.45, 2.75) is 44.6 Å². The molecule has 0 unspecified atom stereocenters. The van der Waals surface area contributed by atoms with E-state index in [9.17, 15) is 8.42 Å². The Hall–Kier alpha value is -1.67. The Morgan fingerprint density at radius 3 is 2.70 bits per heavy atom. The van der Waals surface area contributed by atoms with Gasteiger partial charge in [0.05, 0.1) is 0 Å². The van der Waals surface area contributed by atoms with Crippen molar-refractivity contribution in [2.24, 2.45) is 5.92 Å². The van der Waals surface area contributed by atoms with Crippen LogP contribution in [0.1, 0.15) is 45.4 Å². The van der Waals surface area contributed by atoms with Crippen LogP contribution in [-0.4, -0.2) is 36.0 Å². The first-order valence-electron chi connectivity index (χ1n) is 7.81. The number of aromatic nitrogens is 2. The van der Waals surface area contributed by atoms with Crippen molar-refractivity contribution in [2.75, 3.05) is 13.1 Å². The van der Waals surface area contributed by atoms with E-state index >= 15 is 0 Å². The van der Waals surface area contributed by atoms with Crippen LogP contribution in [0.3, 0.4) is 0 Å². The highest BCUT2D eigenvalue weighted by molar-refractivity contribution is 7.89. The standard InChI is InChI=1S/C15H21N3O4S/c1-10(2)14-16-17-15(22-14)12-6-7-13(21-12)23(19,20)18-8-4-5-11(3)9-18/h6-7,10-11H,4-5,8-9H2,1-3H3/t11-/m0/s1. The van der Waals surface area contributed by atoms with Gasteiger partial charge < -0.3 is 8.83 Å². The lowest BCUT2D eigenvalue weighted by Crippen LogP contribution is -2.38. The molecule has 0 saturated carbocycles. The SMILES string of the molecule is CC(C)c1nnc(-c2ccc(S(=O)(=O)N3CCC[C@H](C)C3)o2)o1. The fraction of sp³-hybridized carbons (Fsp3) is 0.600. The number of nitrogens with zero attached hydrogens (tertiary/aromatic N) is 3. The van der Waals surface area contributed by atoms with E-state index < -0.39 is 10.0 Å². The summed E-state index contributed by atoms with van der Waals surface area (Å²) in [5.41, 5.74) is 0. The Labute approximate surface area is 135 Å². The molecule has 0 N–H and O–H groups in total. The number of sulfonamides is 1. The molecule has 1 saturated heterocycles. The molecule has 3 heterocycles. The van der Waals surface area contributed by atoms with Gasteiger partial charge in [-0.05, 0) is 30.9 Å². The zero-order valence-electron chi connectivity index (χ0n) is 13.5. The van der Waals surface area contributed by atoms with Gasteiger partial charge in [-0.3, -0.25) is 0 Å². The summed E-state index contributed by atoms with van der Waals surface area (Å²) in [7, 11) is -3.61. The average Bonchev–Trinajstić information content (AvgIpc) is 3.16. The molecule has 2 aromatic rings. The second kappa shape index (κ2) is 6.09. The Morgan fingerprint density at radius 2 is 2.04 bits per heavy atom. The molecule has 0 aliphatic carbocycles. The normalized spacial score (nSPS) is 20.3. The first kappa shape index (κ1) is 16.2. The van der Waals surface area contributed by atoms with Gasteiger partial charge in [-0.15, -0.1) is 10.2 Å². The number of hydrogen-bond donors (Lipinski definition) is 0. The summed E-state index contributed by atoms with van der Waals surface area (Å²) in [5, 5.41) is 7.76. The van der Waals surface area contributed by atoms with Gasteiger partial charge in [0.15, 0.2) is 5.76 Å². The lowest BCUT2D eigenvalue weighted by molar-refractivity contribution is 0.275. The molecule has 1 fully saturated rings. The van der Waals surface area contributed by atoms with Gasteiger partial charge in [-0.2, -0.15) is 4.31 Å². The van der Waals surface area contributed by atoms with Crippen LogP contribution in [0.15, 0.2) is 26.1 Å². The fourth-order valence-electron chi connectivity index (χ4n) is 2.63. The second-order valence-corrected chi connectivity index (χ2v) is 8.20. The van der Waals surface area contributed by atoms with Crippen molar-refractivity contribution in [1.82, 2.24) is 14.5 Å². The van der Waals surface area contributed by atoms with Crippen LogP contribution in [0.4, 0.5) is 0 Å². The van der Waals surface area contributed by atoms with Crippen molar-refractivity contribution in [1.29, 1.82) is 0 Å². The smallest absolute Gasteiger partial charge is 0.283 e. The lowest BCUT2D eigenvalue weighted by Gasteiger charge is -2.29. The topological polar surface area (TPSA) is 89.4 Å². The van der Waals surface area contributed by atoms with E-state index in [1.807, 2.05) is 13.8 Å². The van der Waals surface area contributed by atoms with Gasteiger partial charge in [0.25, 0.3) is 15.9 Å². The van der Waals surface area contributed by atoms with Gasteiger partial charge >= 0.3 is 0 Å². The Morgan fingerprint density at radius 1 is 1.26 bits per heavy atom. The second-order valence-electron chi connectivity index (χ2n) is 6.33. The molecule has 23 heavy (non-hydrogen) atoms. The molecule has 126 valence electrons. The lowest BCUT2D eigenvalue weighted by atomic mass is 10.0. The molecule has 0 spiro atoms. The third-order valence-corrected chi connectivity index (χ3v) is 5.68. The summed E-state index contributed by atoms with van der Waals surface area (Å²) in [6.07, 6.45) is 1.92. The van der Waals surface area contributed by atoms with Crippen LogP contribution >= 0.6 is 0 Å². The molecule has 3 rings (SSSR count). The highest BCUT2D eigenvalue weighted by Crippen LogP contribution is 2.29. The quantitative estimate of drug-likeness (QED) is 0.851. The third-order valence-electron chi connectivity index (χ3n) is 3.94. The third kappa shape index (κ3) is 3.18. The summed E-state index contributed by atoms with van der Waals surface area (Å²) < 4.78 is 37.8. The van der Waals surface area contributed by atoms with Crippen molar-refractivity contribution in [3.8, 4) is 11.7 Å². The average molecular weight is 339 g/mol. The van der Waals surface area contributed by atoms with E-state index in [2.05, 4.69) is 17.1 Å². The predicted molar refractivity (Wildman–Crippen MR) is 83.2 cm³/mol. The molecule has 1 atom stereocenters. The molecule has 7 nitrogen and oxygen atoms in total. The van der Waals surface area contributed by atoms with E-state index in [0.29, 0.717) is 24.9 Å². The number of piperidine rings is 1. The monoisotopic (exact) mass is 339 g/mol. The summed E-state index contributed by atoms with van der Waals surface area (Å²) in [6, 6.07) is 3.00. The molecule has 0 radical (unpaired) electrons. The number of hydrogen-bond acceptors (Lipinski definition) is 6. The molecule has 2 aromatic heterocycles. The van der Waals surface area contributed by atoms with Gasteiger partial charge in [0.2, 0.25) is 11.0 Å². The molecule has 0 bridgehead atoms. The highest BCUT2D eigenvalue weighted by Gasteiger charge is 2.31. The zero-order valence-corrected chi connectivity index (χ0v) is 14.3. The summed E-state index contributed by atoms with van der Waals surface area (Å²) in [5.74, 6) is 1.42. The van der Waals surface area contributed by atoms with Crippen LogP contribution in [0.25, 0.3) is 11.7 Å². The Balaban J connectivity index is 1.85. The first-order valence-corrected chi connectivity index (χ1v) is 9.25. The molecule has 0 aromatic carbocycles. The molecular weight excluding hydrogens is 318 g/mol. The first-order chi connectivity index (χ1) is 10.9. The van der Waals surface area contributed by atoms with E-state index in [1.54, 1.807) is 6.07 Å². The van der Waals surface area contributed by atoms with Crippen molar-refractivity contribution >= 4 is 10.0 Å². The number of furan rings is 1. The summed E-state index contributed by atoms with van der Waals surface area (Å²) in [4.78, 5) is 0. The predicted octanol–water partition coefficient (Wildman–Crippen LogP) is 2.87. The fourth-order valence-corrected chi connectivity index (χ4v) is 4.14. The summed E-state index contributed by atoms with van der Waals surface area (Å²) in [6.45, 7) is 6.98. The molecule has 1 aliphatic heterocycles. The van der Waals surface area contributed by atoms with E-state index in [0.717, 1.165) is 12.8 Å². The van der Waals surface area contributed by atoms with Crippen LogP contribution in [0.5, 0.6) is 0 Å².